The molecule has 2 fully saturated rings. The van der Waals surface area contributed by atoms with Gasteiger partial charge in [-0.1, -0.05) is 0 Å². The predicted molar refractivity (Wildman–Crippen MR) is 99.8 cm³/mol. The second-order valence-corrected chi connectivity index (χ2v) is 9.42. The number of carboxylic acid groups (broad SMARTS) is 1. The topological polar surface area (TPSA) is 107 Å². The summed E-state index contributed by atoms with van der Waals surface area (Å²) in [5, 5.41) is 15.0. The summed E-state index contributed by atoms with van der Waals surface area (Å²) >= 11 is 0. The zero-order chi connectivity index (χ0) is 21.3. The molecule has 2 N–H and O–H groups in total. The number of sulfone groups is 1. The Labute approximate surface area is 167 Å². The average Bonchev–Trinajstić information content (AvgIpc) is 2.65. The summed E-state index contributed by atoms with van der Waals surface area (Å²) in [7, 11) is -3.77. The maximum atomic E-state index is 14.3. The monoisotopic (exact) mass is 431 g/mol. The van der Waals surface area contributed by atoms with Gasteiger partial charge in [0.25, 0.3) is 5.91 Å². The van der Waals surface area contributed by atoms with Gasteiger partial charge in [0.15, 0.2) is 21.5 Å². The van der Waals surface area contributed by atoms with E-state index in [1.807, 2.05) is 0 Å². The smallest absolute Gasteiger partial charge is 0.306 e. The minimum atomic E-state index is -3.77. The fraction of sp³-hybridized carbons (Fsp3) is 0.556. The first-order valence-corrected chi connectivity index (χ1v) is 11.2. The molecule has 2 aliphatic heterocycles. The van der Waals surface area contributed by atoms with Crippen molar-refractivity contribution in [2.75, 3.05) is 31.2 Å². The van der Waals surface area contributed by atoms with Crippen LogP contribution in [0.15, 0.2) is 17.0 Å². The molecule has 0 bridgehead atoms. The number of anilines is 1. The fourth-order valence-corrected chi connectivity index (χ4v) is 4.34. The van der Waals surface area contributed by atoms with Gasteiger partial charge in [0.1, 0.15) is 11.7 Å². The summed E-state index contributed by atoms with van der Waals surface area (Å²) in [4.78, 5) is 23.5. The van der Waals surface area contributed by atoms with Gasteiger partial charge in [0.2, 0.25) is 0 Å². The molecule has 11 heteroatoms. The lowest BCUT2D eigenvalue weighted by Crippen LogP contribution is -2.57. The Morgan fingerprint density at radius 2 is 1.72 bits per heavy atom. The van der Waals surface area contributed by atoms with Gasteiger partial charge >= 0.3 is 5.97 Å². The van der Waals surface area contributed by atoms with Crippen LogP contribution in [-0.4, -0.2) is 67.4 Å². The van der Waals surface area contributed by atoms with Gasteiger partial charge in [-0.3, -0.25) is 14.6 Å². The van der Waals surface area contributed by atoms with Gasteiger partial charge in [0, 0.05) is 25.9 Å². The van der Waals surface area contributed by atoms with Gasteiger partial charge in [-0.2, -0.15) is 0 Å². The third-order valence-corrected chi connectivity index (χ3v) is 6.43. The second-order valence-electron chi connectivity index (χ2n) is 7.40. The summed E-state index contributed by atoms with van der Waals surface area (Å²) in [6.07, 6.45) is 2.67. The Morgan fingerprint density at radius 1 is 1.14 bits per heavy atom. The van der Waals surface area contributed by atoms with Gasteiger partial charge in [-0.05, 0) is 37.8 Å². The molecule has 8 nitrogen and oxygen atoms in total. The number of aliphatic carboxylic acids is 1. The van der Waals surface area contributed by atoms with Gasteiger partial charge in [-0.15, -0.1) is 0 Å². The number of halogens is 2. The van der Waals surface area contributed by atoms with E-state index in [0.717, 1.165) is 18.4 Å². The first kappa shape index (κ1) is 21.4. The van der Waals surface area contributed by atoms with Crippen LogP contribution in [0.1, 0.15) is 25.7 Å². The predicted octanol–water partition coefficient (Wildman–Crippen LogP) is 1.48. The highest BCUT2D eigenvalue weighted by Crippen LogP contribution is 2.27. The summed E-state index contributed by atoms with van der Waals surface area (Å²) in [6, 6.07) is 0.583. The normalized spacial score (nSPS) is 22.0. The van der Waals surface area contributed by atoms with Crippen LogP contribution in [0.4, 0.5) is 14.5 Å². The Hall–Kier alpha value is -2.27. The number of nitrogens with one attached hydrogen (secondary N) is 1. The number of benzene rings is 1. The van der Waals surface area contributed by atoms with Crippen LogP contribution >= 0.6 is 0 Å². The first-order valence-electron chi connectivity index (χ1n) is 9.32. The standard InChI is InChI=1S/C18H23F2N3O5S/c1-29(27,28)12-9-13(19)16(14(20)10-12)21-15-3-2-6-23(17(15)24)22-7-4-11(5-8-22)18(25)26/h9-11,15,21H,2-8H2,1H3,(H,25,26). The average molecular weight is 431 g/mol. The third-order valence-electron chi connectivity index (χ3n) is 5.34. The molecule has 160 valence electrons. The van der Waals surface area contributed by atoms with Crippen LogP contribution in [0, 0.1) is 17.6 Å². The molecule has 2 heterocycles. The summed E-state index contributed by atoms with van der Waals surface area (Å²) in [5.74, 6) is -3.81. The minimum Gasteiger partial charge on any atom is -0.481 e. The van der Waals surface area contributed by atoms with E-state index in [9.17, 15) is 26.8 Å². The van der Waals surface area contributed by atoms with Crippen molar-refractivity contribution in [1.82, 2.24) is 10.0 Å². The zero-order valence-electron chi connectivity index (χ0n) is 15.9. The van der Waals surface area contributed by atoms with Crippen LogP contribution in [0.2, 0.25) is 0 Å². The van der Waals surface area contributed by atoms with Gasteiger partial charge in [-0.25, -0.2) is 22.2 Å². The highest BCUT2D eigenvalue weighted by Gasteiger charge is 2.36. The molecule has 0 spiro atoms. The lowest BCUT2D eigenvalue weighted by atomic mass is 9.97. The molecule has 0 radical (unpaired) electrons. The van der Waals surface area contributed by atoms with Crippen molar-refractivity contribution in [3.8, 4) is 0 Å². The highest BCUT2D eigenvalue weighted by atomic mass is 32.2. The Morgan fingerprint density at radius 3 is 2.24 bits per heavy atom. The number of carbonyl (C=O) groups is 2. The molecular formula is C18H23F2N3O5S. The molecule has 1 unspecified atom stereocenters. The summed E-state index contributed by atoms with van der Waals surface area (Å²) in [5.41, 5.74) is -0.540. The molecule has 1 atom stereocenters. The molecule has 2 aliphatic rings. The number of amides is 1. The van der Waals surface area contributed by atoms with Crippen LogP contribution in [-0.2, 0) is 19.4 Å². The number of carboxylic acids is 1. The van der Waals surface area contributed by atoms with Crippen molar-refractivity contribution < 1.29 is 31.9 Å². The number of piperidine rings is 2. The van der Waals surface area contributed by atoms with E-state index in [1.165, 1.54) is 5.01 Å². The highest BCUT2D eigenvalue weighted by molar-refractivity contribution is 7.90. The molecule has 3 rings (SSSR count). The van der Waals surface area contributed by atoms with E-state index in [2.05, 4.69) is 5.32 Å². The Balaban J connectivity index is 1.72. The zero-order valence-corrected chi connectivity index (χ0v) is 16.7. The van der Waals surface area contributed by atoms with Crippen molar-refractivity contribution in [3.63, 3.8) is 0 Å². The van der Waals surface area contributed by atoms with Gasteiger partial charge in [0.05, 0.1) is 10.8 Å². The van der Waals surface area contributed by atoms with Crippen LogP contribution < -0.4 is 5.32 Å². The van der Waals surface area contributed by atoms with E-state index < -0.39 is 50.0 Å². The van der Waals surface area contributed by atoms with E-state index >= 15 is 0 Å². The number of nitrogens with zero attached hydrogens (tertiary/aromatic N) is 2. The van der Waals surface area contributed by atoms with Crippen LogP contribution in [0.3, 0.4) is 0 Å². The Kier molecular flexibility index (Phi) is 6.08. The van der Waals surface area contributed by atoms with Crippen LogP contribution in [0.25, 0.3) is 0 Å². The van der Waals surface area contributed by atoms with E-state index in [0.29, 0.717) is 45.3 Å². The van der Waals surface area contributed by atoms with Crippen molar-refractivity contribution in [3.05, 3.63) is 23.8 Å². The molecule has 0 aromatic heterocycles. The minimum absolute atomic E-state index is 0.351. The number of rotatable bonds is 5. The maximum Gasteiger partial charge on any atom is 0.306 e. The molecule has 0 saturated carbocycles. The first-order chi connectivity index (χ1) is 13.6. The Bertz CT molecular complexity index is 893. The van der Waals surface area contributed by atoms with Crippen LogP contribution in [0.5, 0.6) is 0 Å². The van der Waals surface area contributed by atoms with Crippen molar-refractivity contribution in [1.29, 1.82) is 0 Å². The second kappa shape index (κ2) is 8.23. The van der Waals surface area contributed by atoms with E-state index in [-0.39, 0.29) is 5.91 Å². The van der Waals surface area contributed by atoms with Crippen molar-refractivity contribution in [2.24, 2.45) is 5.92 Å². The fourth-order valence-electron chi connectivity index (χ4n) is 3.70. The maximum absolute atomic E-state index is 14.3. The molecule has 0 aliphatic carbocycles. The van der Waals surface area contributed by atoms with E-state index in [4.69, 9.17) is 5.11 Å². The molecule has 1 aromatic rings. The lowest BCUT2D eigenvalue weighted by Gasteiger charge is -2.43. The van der Waals surface area contributed by atoms with Gasteiger partial charge < -0.3 is 10.4 Å². The molecular weight excluding hydrogens is 408 g/mol. The number of carbonyl (C=O) groups excluding carboxylic acids is 1. The van der Waals surface area contributed by atoms with Crippen molar-refractivity contribution >= 4 is 27.4 Å². The number of hydrogen-bond acceptors (Lipinski definition) is 6. The summed E-state index contributed by atoms with van der Waals surface area (Å²) < 4.78 is 51.7. The SMILES string of the molecule is CS(=O)(=O)c1cc(F)c(NC2CCCN(N3CCC(C(=O)O)CC3)C2=O)c(F)c1. The summed E-state index contributed by atoms with van der Waals surface area (Å²) in [6.45, 7) is 1.29. The van der Waals surface area contributed by atoms with Crippen molar-refractivity contribution in [2.45, 2.75) is 36.6 Å². The molecule has 1 amide bonds. The third kappa shape index (κ3) is 4.67. The lowest BCUT2D eigenvalue weighted by molar-refractivity contribution is -0.159. The largest absolute Gasteiger partial charge is 0.481 e. The molecule has 29 heavy (non-hydrogen) atoms. The molecule has 2 saturated heterocycles. The quantitative estimate of drug-likeness (QED) is 0.727. The van der Waals surface area contributed by atoms with E-state index in [1.54, 1.807) is 5.01 Å². The number of hydrogen-bond donors (Lipinski definition) is 2. The molecule has 1 aromatic carbocycles. The number of hydrazine groups is 1.